The first-order valence-electron chi connectivity index (χ1n) is 10.9. The molecule has 1 heterocycles. The second-order valence-corrected chi connectivity index (χ2v) is 8.52. The molecule has 1 unspecified atom stereocenters. The number of hydrogen-bond acceptors (Lipinski definition) is 5. The average molecular weight is 460 g/mol. The summed E-state index contributed by atoms with van der Waals surface area (Å²) in [4.78, 5) is 31.2. The van der Waals surface area contributed by atoms with Crippen molar-refractivity contribution >= 4 is 34.3 Å². The molecule has 168 valence electrons. The molecule has 1 atom stereocenters. The number of carbonyl (C=O) groups excluding carboxylic acids is 1. The van der Waals surface area contributed by atoms with E-state index in [2.05, 4.69) is 5.32 Å². The Morgan fingerprint density at radius 3 is 2.39 bits per heavy atom. The number of anilines is 1. The van der Waals surface area contributed by atoms with Crippen LogP contribution in [-0.4, -0.2) is 27.3 Å². The molecule has 1 N–H and O–H groups in total. The Hall–Kier alpha value is -3.58. The fourth-order valence-electron chi connectivity index (χ4n) is 3.47. The number of ether oxygens (including phenoxy) is 1. The molecule has 7 heteroatoms. The molecule has 1 aromatic heterocycles. The van der Waals surface area contributed by atoms with Crippen molar-refractivity contribution in [3.63, 3.8) is 0 Å². The quantitative estimate of drug-likeness (QED) is 0.286. The molecular weight excluding hydrogens is 434 g/mol. The number of fused-ring (bicyclic) bond motifs is 1. The summed E-state index contributed by atoms with van der Waals surface area (Å²) in [5.41, 5.74) is 1.86. The van der Waals surface area contributed by atoms with E-state index in [1.807, 2.05) is 86.6 Å². The van der Waals surface area contributed by atoms with Gasteiger partial charge in [0.05, 0.1) is 28.4 Å². The van der Waals surface area contributed by atoms with Gasteiger partial charge in [-0.3, -0.25) is 14.2 Å². The summed E-state index contributed by atoms with van der Waals surface area (Å²) in [5, 5.41) is 3.56. The van der Waals surface area contributed by atoms with Crippen molar-refractivity contribution in [3.05, 3.63) is 89.2 Å². The minimum absolute atomic E-state index is 0.145. The van der Waals surface area contributed by atoms with Crippen molar-refractivity contribution in [3.8, 4) is 11.4 Å². The van der Waals surface area contributed by atoms with E-state index in [4.69, 9.17) is 9.72 Å². The van der Waals surface area contributed by atoms with Crippen molar-refractivity contribution in [2.75, 3.05) is 11.9 Å². The monoisotopic (exact) mass is 459 g/mol. The van der Waals surface area contributed by atoms with Gasteiger partial charge >= 0.3 is 0 Å². The number of nitrogens with zero attached hydrogens (tertiary/aromatic N) is 2. The van der Waals surface area contributed by atoms with Crippen molar-refractivity contribution < 1.29 is 9.53 Å². The lowest BCUT2D eigenvalue weighted by atomic mass is 10.2. The molecule has 0 aliphatic carbocycles. The van der Waals surface area contributed by atoms with Crippen LogP contribution >= 0.6 is 11.8 Å². The summed E-state index contributed by atoms with van der Waals surface area (Å²) < 4.78 is 7.04. The van der Waals surface area contributed by atoms with Crippen molar-refractivity contribution in [2.24, 2.45) is 0 Å². The van der Waals surface area contributed by atoms with Gasteiger partial charge in [-0.15, -0.1) is 0 Å². The third-order valence-corrected chi connectivity index (χ3v) is 6.42. The summed E-state index contributed by atoms with van der Waals surface area (Å²) in [5.74, 6) is 0.609. The van der Waals surface area contributed by atoms with Crippen LogP contribution in [0.5, 0.6) is 5.75 Å². The van der Waals surface area contributed by atoms with Gasteiger partial charge in [-0.05, 0) is 61.9 Å². The Balaban J connectivity index is 1.66. The first-order valence-corrected chi connectivity index (χ1v) is 11.8. The van der Waals surface area contributed by atoms with Gasteiger partial charge in [-0.25, -0.2) is 4.98 Å². The van der Waals surface area contributed by atoms with Crippen LogP contribution in [0.1, 0.15) is 20.3 Å². The van der Waals surface area contributed by atoms with Crippen molar-refractivity contribution in [1.82, 2.24) is 9.55 Å². The third kappa shape index (κ3) is 5.09. The van der Waals surface area contributed by atoms with Gasteiger partial charge in [0.1, 0.15) is 5.75 Å². The van der Waals surface area contributed by atoms with Gasteiger partial charge in [0.15, 0.2) is 5.16 Å². The number of para-hydroxylation sites is 2. The zero-order valence-corrected chi connectivity index (χ0v) is 19.3. The largest absolute Gasteiger partial charge is 0.494 e. The number of aromatic nitrogens is 2. The van der Waals surface area contributed by atoms with E-state index in [0.717, 1.165) is 5.75 Å². The smallest absolute Gasteiger partial charge is 0.266 e. The van der Waals surface area contributed by atoms with Crippen LogP contribution in [0.15, 0.2) is 88.8 Å². The van der Waals surface area contributed by atoms with E-state index < -0.39 is 5.25 Å². The summed E-state index contributed by atoms with van der Waals surface area (Å²) in [6, 6.07) is 23.9. The molecule has 4 rings (SSSR count). The highest BCUT2D eigenvalue weighted by molar-refractivity contribution is 8.00. The first kappa shape index (κ1) is 22.6. The number of hydrogen-bond donors (Lipinski definition) is 1. The Morgan fingerprint density at radius 1 is 1.00 bits per heavy atom. The Bertz CT molecular complexity index is 1300. The van der Waals surface area contributed by atoms with Gasteiger partial charge in [0.25, 0.3) is 5.56 Å². The van der Waals surface area contributed by atoms with Gasteiger partial charge in [0, 0.05) is 5.69 Å². The summed E-state index contributed by atoms with van der Waals surface area (Å²) in [6.45, 7) is 4.46. The average Bonchev–Trinajstić information content (AvgIpc) is 2.84. The van der Waals surface area contributed by atoms with Crippen LogP contribution < -0.4 is 15.6 Å². The minimum Gasteiger partial charge on any atom is -0.494 e. The fourth-order valence-corrected chi connectivity index (χ4v) is 4.50. The highest BCUT2D eigenvalue weighted by Crippen LogP contribution is 2.28. The lowest BCUT2D eigenvalue weighted by molar-refractivity contribution is -0.115. The molecule has 0 aliphatic heterocycles. The molecule has 4 aromatic rings. The predicted octanol–water partition coefficient (Wildman–Crippen LogP) is 5.29. The standard InChI is InChI=1S/C26H25N3O3S/c1-3-23(24(30)27-18-14-16-20(17-15-18)32-4-2)33-26-28-22-13-9-8-12-21(22)25(31)29(26)19-10-6-5-7-11-19/h5-17,23H,3-4H2,1-2H3,(H,27,30). The second kappa shape index (κ2) is 10.4. The first-order chi connectivity index (χ1) is 16.1. The van der Waals surface area contributed by atoms with E-state index in [0.29, 0.717) is 40.5 Å². The molecule has 0 fully saturated rings. The lowest BCUT2D eigenvalue weighted by Crippen LogP contribution is -2.27. The van der Waals surface area contributed by atoms with E-state index in [9.17, 15) is 9.59 Å². The summed E-state index contributed by atoms with van der Waals surface area (Å²) >= 11 is 1.29. The Kier molecular flexibility index (Phi) is 7.10. The molecule has 0 aliphatic rings. The van der Waals surface area contributed by atoms with Crippen LogP contribution in [0.3, 0.4) is 0 Å². The third-order valence-electron chi connectivity index (χ3n) is 5.10. The van der Waals surface area contributed by atoms with E-state index in [1.165, 1.54) is 11.8 Å². The SMILES string of the molecule is CCOc1ccc(NC(=O)C(CC)Sc2nc3ccccc3c(=O)n2-c2ccccc2)cc1. The maximum atomic E-state index is 13.4. The predicted molar refractivity (Wildman–Crippen MR) is 134 cm³/mol. The van der Waals surface area contributed by atoms with Crippen LogP contribution in [-0.2, 0) is 4.79 Å². The fraction of sp³-hybridized carbons (Fsp3) is 0.192. The molecule has 0 saturated carbocycles. The maximum absolute atomic E-state index is 13.4. The topological polar surface area (TPSA) is 73.2 Å². The van der Waals surface area contributed by atoms with E-state index >= 15 is 0 Å². The van der Waals surface area contributed by atoms with E-state index in [1.54, 1.807) is 10.6 Å². The highest BCUT2D eigenvalue weighted by Gasteiger charge is 2.22. The van der Waals surface area contributed by atoms with Crippen LogP contribution in [0.2, 0.25) is 0 Å². The number of amides is 1. The van der Waals surface area contributed by atoms with Crippen molar-refractivity contribution in [2.45, 2.75) is 30.7 Å². The molecular formula is C26H25N3O3S. The number of benzene rings is 3. The number of carbonyl (C=O) groups is 1. The molecule has 6 nitrogen and oxygen atoms in total. The maximum Gasteiger partial charge on any atom is 0.266 e. The molecule has 0 radical (unpaired) electrons. The number of thioether (sulfide) groups is 1. The summed E-state index contributed by atoms with van der Waals surface area (Å²) in [7, 11) is 0. The highest BCUT2D eigenvalue weighted by atomic mass is 32.2. The molecule has 0 saturated heterocycles. The molecule has 3 aromatic carbocycles. The lowest BCUT2D eigenvalue weighted by Gasteiger charge is -2.18. The normalized spacial score (nSPS) is 11.8. The van der Waals surface area contributed by atoms with Gasteiger partial charge in [-0.2, -0.15) is 0 Å². The summed E-state index contributed by atoms with van der Waals surface area (Å²) in [6.07, 6.45) is 0.574. The molecule has 0 bridgehead atoms. The van der Waals surface area contributed by atoms with Crippen LogP contribution in [0.25, 0.3) is 16.6 Å². The van der Waals surface area contributed by atoms with Gasteiger partial charge in [-0.1, -0.05) is 49.0 Å². The zero-order chi connectivity index (χ0) is 23.2. The zero-order valence-electron chi connectivity index (χ0n) is 18.5. The van der Waals surface area contributed by atoms with Gasteiger partial charge in [0.2, 0.25) is 5.91 Å². The molecule has 0 spiro atoms. The number of rotatable bonds is 8. The Morgan fingerprint density at radius 2 is 1.70 bits per heavy atom. The second-order valence-electron chi connectivity index (χ2n) is 7.35. The molecule has 33 heavy (non-hydrogen) atoms. The van der Waals surface area contributed by atoms with E-state index in [-0.39, 0.29) is 11.5 Å². The molecule has 1 amide bonds. The number of nitrogens with one attached hydrogen (secondary N) is 1. The van der Waals surface area contributed by atoms with Crippen LogP contribution in [0, 0.1) is 0 Å². The van der Waals surface area contributed by atoms with Crippen molar-refractivity contribution in [1.29, 1.82) is 0 Å². The van der Waals surface area contributed by atoms with Gasteiger partial charge < -0.3 is 10.1 Å². The Labute approximate surface area is 196 Å². The minimum atomic E-state index is -0.431. The van der Waals surface area contributed by atoms with Crippen LogP contribution in [0.4, 0.5) is 5.69 Å².